The Hall–Kier alpha value is -2.18. The lowest BCUT2D eigenvalue weighted by molar-refractivity contribution is -0.903. The van der Waals surface area contributed by atoms with Crippen molar-refractivity contribution in [3.05, 3.63) is 46.3 Å². The Morgan fingerprint density at radius 2 is 2.12 bits per heavy atom. The van der Waals surface area contributed by atoms with Crippen LogP contribution in [0.2, 0.25) is 0 Å². The van der Waals surface area contributed by atoms with Crippen molar-refractivity contribution in [3.63, 3.8) is 0 Å². The van der Waals surface area contributed by atoms with Gasteiger partial charge in [-0.25, -0.2) is 4.79 Å². The molecule has 0 radical (unpaired) electrons. The Morgan fingerprint density at radius 3 is 2.85 bits per heavy atom. The van der Waals surface area contributed by atoms with Gasteiger partial charge in [0, 0.05) is 30.1 Å². The first-order chi connectivity index (χ1) is 12.4. The molecule has 2 fully saturated rings. The number of anilines is 1. The maximum Gasteiger partial charge on any atom is 0.335 e. The Kier molecular flexibility index (Phi) is 3.06. The SMILES string of the molecule is COC(=O)C1=C2Nc3ccccc3[C@@]23CC[N@@+]2([O-])C[C@@H](C(C)=O)C1CC32. The van der Waals surface area contributed by atoms with Crippen molar-refractivity contribution < 1.29 is 19.0 Å². The normalized spacial score (nSPS) is 39.1. The number of methoxy groups -OCH3 is 1. The minimum absolute atomic E-state index is 0.0151. The smallest absolute Gasteiger partial charge is 0.335 e. The molecule has 1 spiro atoms. The number of piperidine rings is 1. The highest BCUT2D eigenvalue weighted by atomic mass is 16.6. The third-order valence-electron chi connectivity index (χ3n) is 7.17. The Balaban J connectivity index is 1.82. The number of para-hydroxylation sites is 1. The standard InChI is InChI=1S/C20H22N2O4/c1-11(23)13-10-22(25)8-7-20-14-5-3-4-6-15(14)21-18(20)17(19(24)26-2)12(13)9-16(20)22/h3-6,12-13,16,21H,7-10H2,1-2H3/t12?,13-,16?,20+,22+/m0/s1. The minimum Gasteiger partial charge on any atom is -0.633 e. The van der Waals surface area contributed by atoms with Gasteiger partial charge in [0.05, 0.1) is 37.1 Å². The predicted octanol–water partition coefficient (Wildman–Crippen LogP) is 2.10. The van der Waals surface area contributed by atoms with Crippen LogP contribution in [0.25, 0.3) is 0 Å². The molecular formula is C20H22N2O4. The summed E-state index contributed by atoms with van der Waals surface area (Å²) in [5.74, 6) is -1.06. The number of nitrogens with one attached hydrogen (secondary N) is 1. The second-order valence-corrected chi connectivity index (χ2v) is 8.11. The van der Waals surface area contributed by atoms with E-state index in [4.69, 9.17) is 4.74 Å². The van der Waals surface area contributed by atoms with E-state index in [9.17, 15) is 14.8 Å². The van der Waals surface area contributed by atoms with Gasteiger partial charge in [0.2, 0.25) is 0 Å². The average molecular weight is 354 g/mol. The van der Waals surface area contributed by atoms with Crippen molar-refractivity contribution in [2.75, 3.05) is 25.5 Å². The van der Waals surface area contributed by atoms with Crippen LogP contribution in [-0.4, -0.2) is 42.6 Å². The average Bonchev–Trinajstić information content (AvgIpc) is 3.14. The van der Waals surface area contributed by atoms with Gasteiger partial charge in [-0.3, -0.25) is 4.79 Å². The number of quaternary nitrogens is 1. The number of carbonyl (C=O) groups excluding carboxylic acids is 2. The number of rotatable bonds is 2. The molecule has 1 aromatic rings. The van der Waals surface area contributed by atoms with Gasteiger partial charge in [0.15, 0.2) is 0 Å². The number of hydroxylamine groups is 3. The summed E-state index contributed by atoms with van der Waals surface area (Å²) in [7, 11) is 1.38. The minimum atomic E-state index is -0.458. The molecule has 6 nitrogen and oxygen atoms in total. The second-order valence-electron chi connectivity index (χ2n) is 8.11. The van der Waals surface area contributed by atoms with Gasteiger partial charge < -0.3 is 19.9 Å². The van der Waals surface area contributed by atoms with Crippen LogP contribution in [-0.2, 0) is 19.7 Å². The van der Waals surface area contributed by atoms with E-state index in [-0.39, 0.29) is 34.9 Å². The van der Waals surface area contributed by atoms with Gasteiger partial charge in [-0.1, -0.05) is 18.2 Å². The molecule has 3 aliphatic heterocycles. The fraction of sp³-hybridized carbons (Fsp3) is 0.500. The zero-order chi connectivity index (χ0) is 18.3. The van der Waals surface area contributed by atoms with Crippen LogP contribution < -0.4 is 5.32 Å². The highest BCUT2D eigenvalue weighted by molar-refractivity contribution is 5.95. The lowest BCUT2D eigenvalue weighted by Gasteiger charge is -2.57. The fourth-order valence-electron chi connectivity index (χ4n) is 6.12. The highest BCUT2D eigenvalue weighted by Crippen LogP contribution is 2.63. The molecule has 1 aliphatic carbocycles. The molecule has 0 amide bonds. The number of ketones is 1. The van der Waals surface area contributed by atoms with Crippen molar-refractivity contribution >= 4 is 17.4 Å². The molecule has 136 valence electrons. The van der Waals surface area contributed by atoms with Crippen molar-refractivity contribution in [2.24, 2.45) is 11.8 Å². The largest absolute Gasteiger partial charge is 0.633 e. The summed E-state index contributed by atoms with van der Waals surface area (Å²) < 4.78 is 4.79. The van der Waals surface area contributed by atoms with Crippen molar-refractivity contribution in [3.8, 4) is 0 Å². The van der Waals surface area contributed by atoms with Gasteiger partial charge in [-0.2, -0.15) is 0 Å². The second kappa shape index (κ2) is 4.96. The summed E-state index contributed by atoms with van der Waals surface area (Å²) in [5.41, 5.74) is 3.00. The van der Waals surface area contributed by atoms with Gasteiger partial charge >= 0.3 is 5.97 Å². The predicted molar refractivity (Wildman–Crippen MR) is 94.8 cm³/mol. The molecule has 0 aromatic heterocycles. The van der Waals surface area contributed by atoms with Crippen LogP contribution in [0.15, 0.2) is 35.5 Å². The third kappa shape index (κ3) is 1.69. The Labute approximate surface area is 152 Å². The van der Waals surface area contributed by atoms with E-state index in [2.05, 4.69) is 11.4 Å². The van der Waals surface area contributed by atoms with E-state index in [0.29, 0.717) is 25.0 Å². The maximum absolute atomic E-state index is 13.7. The lowest BCUT2D eigenvalue weighted by atomic mass is 9.60. The molecule has 0 saturated carbocycles. The molecule has 4 aliphatic rings. The summed E-state index contributed by atoms with van der Waals surface area (Å²) >= 11 is 0. The van der Waals surface area contributed by atoms with E-state index < -0.39 is 11.3 Å². The van der Waals surface area contributed by atoms with Crippen LogP contribution in [0.5, 0.6) is 0 Å². The van der Waals surface area contributed by atoms with E-state index in [1.165, 1.54) is 14.0 Å². The van der Waals surface area contributed by atoms with Crippen LogP contribution in [0.3, 0.4) is 0 Å². The summed E-state index contributed by atoms with van der Waals surface area (Å²) in [6.07, 6.45) is 1.26. The molecule has 26 heavy (non-hydrogen) atoms. The molecule has 1 N–H and O–H groups in total. The molecule has 2 bridgehead atoms. The number of ether oxygens (including phenoxy) is 1. The zero-order valence-corrected chi connectivity index (χ0v) is 15.0. The summed E-state index contributed by atoms with van der Waals surface area (Å²) in [4.78, 5) is 25.1. The molecule has 2 saturated heterocycles. The van der Waals surface area contributed by atoms with E-state index >= 15 is 0 Å². The topological polar surface area (TPSA) is 78.5 Å². The molecule has 5 rings (SSSR count). The first kappa shape index (κ1) is 16.0. The Bertz CT molecular complexity index is 878. The molecule has 5 atom stereocenters. The number of nitrogens with zero attached hydrogens (tertiary/aromatic N) is 1. The molecule has 1 aromatic carbocycles. The van der Waals surface area contributed by atoms with Gasteiger partial charge in [-0.05, 0) is 18.6 Å². The number of esters is 1. The molecule has 3 heterocycles. The van der Waals surface area contributed by atoms with Crippen molar-refractivity contribution in [2.45, 2.75) is 31.2 Å². The monoisotopic (exact) mass is 354 g/mol. The first-order valence-electron chi connectivity index (χ1n) is 9.20. The number of benzene rings is 1. The van der Waals surface area contributed by atoms with Gasteiger partial charge in [0.1, 0.15) is 11.8 Å². The first-order valence-corrected chi connectivity index (χ1v) is 9.20. The quantitative estimate of drug-likeness (QED) is 0.500. The van der Waals surface area contributed by atoms with Crippen LogP contribution in [0, 0.1) is 17.0 Å². The van der Waals surface area contributed by atoms with E-state index in [0.717, 1.165) is 16.9 Å². The zero-order valence-electron chi connectivity index (χ0n) is 15.0. The fourth-order valence-corrected chi connectivity index (χ4v) is 6.12. The van der Waals surface area contributed by atoms with Crippen LogP contribution in [0.4, 0.5) is 5.69 Å². The number of fused-ring (bicyclic) bond motifs is 2. The van der Waals surface area contributed by atoms with E-state index in [1.807, 2.05) is 18.2 Å². The molecule has 6 heteroatoms. The Morgan fingerprint density at radius 1 is 1.35 bits per heavy atom. The highest BCUT2D eigenvalue weighted by Gasteiger charge is 2.68. The van der Waals surface area contributed by atoms with Crippen LogP contribution >= 0.6 is 0 Å². The maximum atomic E-state index is 13.7. The van der Waals surface area contributed by atoms with Gasteiger partial charge in [-0.15, -0.1) is 0 Å². The third-order valence-corrected chi connectivity index (χ3v) is 7.17. The van der Waals surface area contributed by atoms with Gasteiger partial charge in [0.25, 0.3) is 0 Å². The van der Waals surface area contributed by atoms with Crippen LogP contribution in [0.1, 0.15) is 25.3 Å². The summed E-state index contributed by atoms with van der Waals surface area (Å²) in [6.45, 7) is 2.28. The van der Waals surface area contributed by atoms with Crippen molar-refractivity contribution in [1.29, 1.82) is 0 Å². The number of hydrogen-bond acceptors (Lipinski definition) is 5. The molecule has 2 unspecified atom stereocenters. The lowest BCUT2D eigenvalue weighted by Crippen LogP contribution is -2.63. The number of hydrogen-bond donors (Lipinski definition) is 1. The number of Topliss-reactive ketones (excluding diaryl/α,β-unsaturated/α-hetero) is 1. The molecular weight excluding hydrogens is 332 g/mol. The summed E-state index contributed by atoms with van der Waals surface area (Å²) in [5, 5.41) is 17.1. The van der Waals surface area contributed by atoms with E-state index in [1.54, 1.807) is 0 Å². The summed E-state index contributed by atoms with van der Waals surface area (Å²) in [6, 6.07) is 7.85. The van der Waals surface area contributed by atoms with Crippen molar-refractivity contribution in [1.82, 2.24) is 0 Å². The number of carbonyl (C=O) groups is 2.